The molecule has 2 heteroatoms. The van der Waals surface area contributed by atoms with Crippen LogP contribution in [0.5, 0.6) is 0 Å². The van der Waals surface area contributed by atoms with Gasteiger partial charge < -0.3 is 4.57 Å². The molecule has 1 heterocycles. The zero-order valence-electron chi connectivity index (χ0n) is 6.00. The smallest absolute Gasteiger partial charge is 0.165 e. The minimum Gasteiger partial charge on any atom is -0.319 e. The highest BCUT2D eigenvalue weighted by Crippen LogP contribution is 2.14. The summed E-state index contributed by atoms with van der Waals surface area (Å²) >= 11 is 0. The molecule has 0 N–H and O–H groups in total. The maximum Gasteiger partial charge on any atom is 0.165 e. The van der Waals surface area contributed by atoms with Gasteiger partial charge in [0.15, 0.2) is 6.80 Å². The zero-order chi connectivity index (χ0) is 7.68. The summed E-state index contributed by atoms with van der Waals surface area (Å²) in [5, 5.41) is 1.09. The second-order valence-electron chi connectivity index (χ2n) is 2.46. The molecule has 0 spiro atoms. The number of alkyl halides is 1. The number of hydrogen-bond donors (Lipinski definition) is 0. The Morgan fingerprint density at radius 2 is 2.00 bits per heavy atom. The summed E-state index contributed by atoms with van der Waals surface area (Å²) in [4.78, 5) is 0. The van der Waals surface area contributed by atoms with Crippen molar-refractivity contribution in [1.29, 1.82) is 0 Å². The Kier molecular flexibility index (Phi) is 1.39. The number of nitrogens with zero attached hydrogens (tertiary/aromatic N) is 1. The van der Waals surface area contributed by atoms with Gasteiger partial charge in [0.2, 0.25) is 0 Å². The molecule has 0 aliphatic carbocycles. The molecule has 2 rings (SSSR count). The predicted molar refractivity (Wildman–Crippen MR) is 43.0 cm³/mol. The van der Waals surface area contributed by atoms with Gasteiger partial charge in [-0.25, -0.2) is 4.39 Å². The van der Waals surface area contributed by atoms with Gasteiger partial charge in [0.25, 0.3) is 0 Å². The Morgan fingerprint density at radius 1 is 1.18 bits per heavy atom. The van der Waals surface area contributed by atoms with Crippen LogP contribution in [0.25, 0.3) is 10.9 Å². The van der Waals surface area contributed by atoms with Crippen molar-refractivity contribution in [2.24, 2.45) is 0 Å². The molecule has 0 aliphatic rings. The van der Waals surface area contributed by atoms with Gasteiger partial charge in [0.1, 0.15) is 0 Å². The third-order valence-corrected chi connectivity index (χ3v) is 1.81. The van der Waals surface area contributed by atoms with Crippen molar-refractivity contribution in [1.82, 2.24) is 4.57 Å². The van der Waals surface area contributed by atoms with E-state index in [0.717, 1.165) is 10.9 Å². The van der Waals surface area contributed by atoms with Gasteiger partial charge >= 0.3 is 0 Å². The van der Waals surface area contributed by atoms with Crippen molar-refractivity contribution >= 4 is 10.9 Å². The topological polar surface area (TPSA) is 4.93 Å². The van der Waals surface area contributed by atoms with Crippen LogP contribution in [-0.4, -0.2) is 4.57 Å². The molecule has 0 unspecified atom stereocenters. The van der Waals surface area contributed by atoms with E-state index in [9.17, 15) is 4.39 Å². The van der Waals surface area contributed by atoms with Crippen LogP contribution in [0.4, 0.5) is 4.39 Å². The summed E-state index contributed by atoms with van der Waals surface area (Å²) in [6.45, 7) is -0.451. The molecule has 0 bridgehead atoms. The standard InChI is InChI=1S/C9H8FN/c10-7-11-6-5-8-3-1-2-4-9(8)11/h1-6H,7H2. The molecule has 0 fully saturated rings. The van der Waals surface area contributed by atoms with Crippen LogP contribution in [-0.2, 0) is 6.80 Å². The van der Waals surface area contributed by atoms with Crippen molar-refractivity contribution < 1.29 is 4.39 Å². The maximum absolute atomic E-state index is 12.3. The average molecular weight is 149 g/mol. The second kappa shape index (κ2) is 2.38. The molecule has 0 aliphatic heterocycles. The van der Waals surface area contributed by atoms with Crippen molar-refractivity contribution in [3.8, 4) is 0 Å². The summed E-state index contributed by atoms with van der Waals surface area (Å²) in [7, 11) is 0. The monoisotopic (exact) mass is 149 g/mol. The average Bonchev–Trinajstić information content (AvgIpc) is 2.47. The Balaban J connectivity index is 2.76. The van der Waals surface area contributed by atoms with E-state index in [2.05, 4.69) is 0 Å². The first-order chi connectivity index (χ1) is 5.42. The normalized spacial score (nSPS) is 10.6. The molecular formula is C9H8FN. The first-order valence-corrected chi connectivity index (χ1v) is 3.51. The first-order valence-electron chi connectivity index (χ1n) is 3.51. The lowest BCUT2D eigenvalue weighted by molar-refractivity contribution is 0.386. The van der Waals surface area contributed by atoms with Gasteiger partial charge in [-0.2, -0.15) is 0 Å². The van der Waals surface area contributed by atoms with Crippen LogP contribution in [0.15, 0.2) is 36.5 Å². The third-order valence-electron chi connectivity index (χ3n) is 1.81. The third kappa shape index (κ3) is 0.909. The molecule has 1 aromatic heterocycles. The molecule has 1 nitrogen and oxygen atoms in total. The quantitative estimate of drug-likeness (QED) is 0.587. The van der Waals surface area contributed by atoms with E-state index in [4.69, 9.17) is 0 Å². The minimum absolute atomic E-state index is 0.451. The number of aromatic nitrogens is 1. The van der Waals surface area contributed by atoms with E-state index in [1.54, 1.807) is 10.8 Å². The SMILES string of the molecule is FCn1ccc2ccccc21. The van der Waals surface area contributed by atoms with E-state index >= 15 is 0 Å². The van der Waals surface area contributed by atoms with Gasteiger partial charge in [0, 0.05) is 6.20 Å². The lowest BCUT2D eigenvalue weighted by Crippen LogP contribution is -1.87. The molecular weight excluding hydrogens is 141 g/mol. The largest absolute Gasteiger partial charge is 0.319 e. The second-order valence-corrected chi connectivity index (χ2v) is 2.46. The molecule has 0 saturated heterocycles. The summed E-state index contributed by atoms with van der Waals surface area (Å²) in [6.07, 6.45) is 1.75. The van der Waals surface area contributed by atoms with Gasteiger partial charge in [-0.3, -0.25) is 0 Å². The molecule has 0 atom stereocenters. The minimum atomic E-state index is -0.451. The molecule has 56 valence electrons. The summed E-state index contributed by atoms with van der Waals surface area (Å²) in [5.41, 5.74) is 0.954. The van der Waals surface area contributed by atoms with E-state index in [1.165, 1.54) is 0 Å². The fraction of sp³-hybridized carbons (Fsp3) is 0.111. The molecule has 11 heavy (non-hydrogen) atoms. The van der Waals surface area contributed by atoms with Crippen molar-refractivity contribution in [2.75, 3.05) is 0 Å². The Hall–Kier alpha value is -1.31. The van der Waals surface area contributed by atoms with Crippen molar-refractivity contribution in [3.63, 3.8) is 0 Å². The first kappa shape index (κ1) is 6.40. The predicted octanol–water partition coefficient (Wildman–Crippen LogP) is 2.57. The fourth-order valence-electron chi connectivity index (χ4n) is 1.24. The summed E-state index contributed by atoms with van der Waals surface area (Å²) in [5.74, 6) is 0. The van der Waals surface area contributed by atoms with Gasteiger partial charge in [-0.1, -0.05) is 18.2 Å². The summed E-state index contributed by atoms with van der Waals surface area (Å²) in [6, 6.07) is 9.66. The Morgan fingerprint density at radius 3 is 2.82 bits per heavy atom. The zero-order valence-corrected chi connectivity index (χ0v) is 6.00. The van der Waals surface area contributed by atoms with Crippen LogP contribution >= 0.6 is 0 Å². The fourth-order valence-corrected chi connectivity index (χ4v) is 1.24. The number of halogens is 1. The highest BCUT2D eigenvalue weighted by molar-refractivity contribution is 5.79. The van der Waals surface area contributed by atoms with Crippen LogP contribution < -0.4 is 0 Å². The van der Waals surface area contributed by atoms with Crippen LogP contribution in [0.2, 0.25) is 0 Å². The molecule has 0 amide bonds. The van der Waals surface area contributed by atoms with E-state index in [-0.39, 0.29) is 0 Å². The lowest BCUT2D eigenvalue weighted by atomic mass is 10.2. The molecule has 0 saturated carbocycles. The number of hydrogen-bond acceptors (Lipinski definition) is 0. The van der Waals surface area contributed by atoms with E-state index < -0.39 is 6.80 Å². The van der Waals surface area contributed by atoms with Gasteiger partial charge in [-0.05, 0) is 17.5 Å². The molecule has 0 radical (unpaired) electrons. The van der Waals surface area contributed by atoms with E-state index in [0.29, 0.717) is 0 Å². The van der Waals surface area contributed by atoms with Crippen LogP contribution in [0.1, 0.15) is 0 Å². The number of para-hydroxylation sites is 1. The van der Waals surface area contributed by atoms with Crippen molar-refractivity contribution in [3.05, 3.63) is 36.5 Å². The maximum atomic E-state index is 12.3. The molecule has 2 aromatic rings. The van der Waals surface area contributed by atoms with Gasteiger partial charge in [-0.15, -0.1) is 0 Å². The highest BCUT2D eigenvalue weighted by Gasteiger charge is 1.96. The molecule has 1 aromatic carbocycles. The van der Waals surface area contributed by atoms with E-state index in [1.807, 2.05) is 30.3 Å². The van der Waals surface area contributed by atoms with Gasteiger partial charge in [0.05, 0.1) is 5.52 Å². The number of rotatable bonds is 1. The summed E-state index contributed by atoms with van der Waals surface area (Å²) < 4.78 is 13.8. The highest BCUT2D eigenvalue weighted by atomic mass is 19.1. The lowest BCUT2D eigenvalue weighted by Gasteiger charge is -1.95. The number of benzene rings is 1. The van der Waals surface area contributed by atoms with Crippen LogP contribution in [0, 0.1) is 0 Å². The van der Waals surface area contributed by atoms with Crippen molar-refractivity contribution in [2.45, 2.75) is 6.80 Å². The number of fused-ring (bicyclic) bond motifs is 1. The Bertz CT molecular complexity index is 364. The van der Waals surface area contributed by atoms with Crippen LogP contribution in [0.3, 0.4) is 0 Å². The Labute approximate surface area is 64.1 Å².